The van der Waals surface area contributed by atoms with Crippen molar-refractivity contribution in [3.63, 3.8) is 0 Å². The van der Waals surface area contributed by atoms with Gasteiger partial charge in [-0.1, -0.05) is 0 Å². The molecule has 0 aliphatic carbocycles. The van der Waals surface area contributed by atoms with Crippen LogP contribution in [-0.2, 0) is 9.13 Å². The largest absolute Gasteiger partial charge is 0.384 e. The molecule has 0 aliphatic heterocycles. The normalized spacial score (nSPS) is 12.8. The predicted octanol–water partition coefficient (Wildman–Crippen LogP) is 0.207. The molecule has 0 aliphatic rings. The first-order valence-corrected chi connectivity index (χ1v) is 11.9. The van der Waals surface area contributed by atoms with Gasteiger partial charge in [0.2, 0.25) is 0 Å². The maximum absolute atomic E-state index is 10.5. The summed E-state index contributed by atoms with van der Waals surface area (Å²) in [5, 5.41) is 6.08. The molecule has 0 spiro atoms. The molecule has 0 fully saturated rings. The Morgan fingerprint density at radius 3 is 1.42 bits per heavy atom. The molecule has 0 amide bonds. The first-order valence-electron chi connectivity index (χ1n) is 5.52. The Bertz CT molecular complexity index is 293. The fourth-order valence-electron chi connectivity index (χ4n) is 1.06. The fraction of sp³-hybridized carbons (Fsp3) is 1.00. The second-order valence-corrected chi connectivity index (χ2v) is 11.2. The van der Waals surface area contributed by atoms with E-state index >= 15 is 0 Å². The molecule has 12 heteroatoms. The molecule has 0 rings (SSSR count). The van der Waals surface area contributed by atoms with Gasteiger partial charge in [0.25, 0.3) is 0 Å². The van der Waals surface area contributed by atoms with E-state index < -0.39 is 13.6 Å². The van der Waals surface area contributed by atoms with Crippen molar-refractivity contribution in [3.05, 3.63) is 0 Å². The summed E-state index contributed by atoms with van der Waals surface area (Å²) < 4.78 is 21.0. The number of hydrogen-bond acceptors (Lipinski definition) is 6. The molecule has 0 unspecified atom stereocenters. The van der Waals surface area contributed by atoms with Gasteiger partial charge < -0.3 is 30.2 Å². The van der Waals surface area contributed by atoms with Crippen LogP contribution in [0.1, 0.15) is 6.42 Å². The summed E-state index contributed by atoms with van der Waals surface area (Å²) in [5.41, 5.74) is 0. The zero-order valence-electron chi connectivity index (χ0n) is 10.3. The van der Waals surface area contributed by atoms with E-state index in [0.29, 0.717) is 47.4 Å². The second kappa shape index (κ2) is 10.6. The highest BCUT2D eigenvalue weighted by molar-refractivity contribution is 8.54. The first-order chi connectivity index (χ1) is 8.71. The van der Waals surface area contributed by atoms with Gasteiger partial charge in [0.15, 0.2) is 0 Å². The van der Waals surface area contributed by atoms with Gasteiger partial charge in [0.05, 0.1) is 0 Å². The third-order valence-corrected chi connectivity index (χ3v) is 6.34. The summed E-state index contributed by atoms with van der Waals surface area (Å²) in [7, 11) is 0. The Kier molecular flexibility index (Phi) is 11.1. The maximum atomic E-state index is 10.5. The summed E-state index contributed by atoms with van der Waals surface area (Å²) in [6.07, 6.45) is 0.834. The van der Waals surface area contributed by atoms with E-state index in [1.165, 1.54) is 0 Å². The average molecular weight is 354 g/mol. The summed E-state index contributed by atoms with van der Waals surface area (Å²) in [5.74, 6) is 0.716. The Labute approximate surface area is 120 Å². The fourth-order valence-corrected chi connectivity index (χ4v) is 3.98. The molecular weight excluding hydrogens is 334 g/mol. The Morgan fingerprint density at radius 2 is 1.11 bits per heavy atom. The van der Waals surface area contributed by atoms with Gasteiger partial charge in [-0.25, -0.2) is 9.13 Å². The lowest BCUT2D eigenvalue weighted by molar-refractivity contribution is 0.395. The SMILES string of the molecule is O=P(O)(O)SCCNCCCNCCSP(=O)(O)O. The molecular formula is C7H20N2O6P2S2. The predicted molar refractivity (Wildman–Crippen MR) is 79.4 cm³/mol. The van der Waals surface area contributed by atoms with Gasteiger partial charge in [0, 0.05) is 24.6 Å². The van der Waals surface area contributed by atoms with E-state index in [4.69, 9.17) is 19.6 Å². The van der Waals surface area contributed by atoms with E-state index in [1.807, 2.05) is 0 Å². The van der Waals surface area contributed by atoms with Crippen LogP contribution in [0.4, 0.5) is 0 Å². The van der Waals surface area contributed by atoms with Crippen molar-refractivity contribution < 1.29 is 28.7 Å². The highest BCUT2D eigenvalue weighted by Gasteiger charge is 2.12. The van der Waals surface area contributed by atoms with Crippen LogP contribution < -0.4 is 10.6 Å². The highest BCUT2D eigenvalue weighted by atomic mass is 32.7. The van der Waals surface area contributed by atoms with Crippen LogP contribution in [0.3, 0.4) is 0 Å². The van der Waals surface area contributed by atoms with Crippen LogP contribution in [0.5, 0.6) is 0 Å². The molecule has 0 aromatic heterocycles. The quantitative estimate of drug-likeness (QED) is 0.213. The van der Waals surface area contributed by atoms with E-state index in [9.17, 15) is 9.13 Å². The van der Waals surface area contributed by atoms with Gasteiger partial charge in [-0.05, 0) is 42.3 Å². The van der Waals surface area contributed by atoms with Crippen LogP contribution in [0.2, 0.25) is 0 Å². The Hall–Kier alpha value is 0.920. The molecule has 8 nitrogen and oxygen atoms in total. The van der Waals surface area contributed by atoms with Crippen molar-refractivity contribution in [3.8, 4) is 0 Å². The summed E-state index contributed by atoms with van der Waals surface area (Å²) >= 11 is 1.25. The van der Waals surface area contributed by atoms with Crippen molar-refractivity contribution in [2.75, 3.05) is 37.7 Å². The molecule has 116 valence electrons. The summed E-state index contributed by atoms with van der Waals surface area (Å²) in [6.45, 7) is -5.40. The van der Waals surface area contributed by atoms with Gasteiger partial charge in [0.1, 0.15) is 0 Å². The Balaban J connectivity index is 3.16. The molecule has 0 aromatic rings. The number of rotatable bonds is 12. The third-order valence-electron chi connectivity index (χ3n) is 1.78. The highest BCUT2D eigenvalue weighted by Crippen LogP contribution is 2.50. The smallest absolute Gasteiger partial charge is 0.317 e. The zero-order valence-corrected chi connectivity index (χ0v) is 13.7. The van der Waals surface area contributed by atoms with E-state index in [1.54, 1.807) is 0 Å². The summed E-state index contributed by atoms with van der Waals surface area (Å²) in [6, 6.07) is 0. The van der Waals surface area contributed by atoms with E-state index in [0.717, 1.165) is 19.5 Å². The molecule has 0 radical (unpaired) electrons. The van der Waals surface area contributed by atoms with E-state index in [2.05, 4.69) is 10.6 Å². The first kappa shape index (κ1) is 19.9. The zero-order chi connectivity index (χ0) is 14.8. The molecule has 0 bridgehead atoms. The minimum absolute atomic E-state index is 0.358. The minimum atomic E-state index is -3.96. The molecule has 6 N–H and O–H groups in total. The molecule has 0 atom stereocenters. The second-order valence-electron chi connectivity index (χ2n) is 3.50. The number of nitrogens with one attached hydrogen (secondary N) is 2. The lowest BCUT2D eigenvalue weighted by atomic mass is 10.4. The standard InChI is InChI=1S/C7H20N2O6P2S2/c10-16(11,12)18-6-4-8-2-1-3-9-5-7-19-17(13,14)15/h8-9H,1-7H2,(H2,10,11,12)(H2,13,14,15). The minimum Gasteiger partial charge on any atom is -0.317 e. The molecule has 0 saturated carbocycles. The van der Waals surface area contributed by atoms with Crippen molar-refractivity contribution >= 4 is 36.4 Å². The van der Waals surface area contributed by atoms with Crippen molar-refractivity contribution in [2.24, 2.45) is 0 Å². The van der Waals surface area contributed by atoms with E-state index in [-0.39, 0.29) is 0 Å². The van der Waals surface area contributed by atoms with Crippen LogP contribution in [0, 0.1) is 0 Å². The number of hydrogen-bond donors (Lipinski definition) is 6. The van der Waals surface area contributed by atoms with Crippen LogP contribution in [0.15, 0.2) is 0 Å². The van der Waals surface area contributed by atoms with Gasteiger partial charge >= 0.3 is 13.6 Å². The monoisotopic (exact) mass is 354 g/mol. The summed E-state index contributed by atoms with van der Waals surface area (Å²) in [4.78, 5) is 34.3. The Morgan fingerprint density at radius 1 is 0.737 bits per heavy atom. The third kappa shape index (κ3) is 18.9. The average Bonchev–Trinajstić information content (AvgIpc) is 2.22. The molecule has 0 aromatic carbocycles. The molecule has 19 heavy (non-hydrogen) atoms. The lowest BCUT2D eigenvalue weighted by Gasteiger charge is -2.07. The van der Waals surface area contributed by atoms with Gasteiger partial charge in [-0.2, -0.15) is 0 Å². The van der Waals surface area contributed by atoms with Gasteiger partial charge in [-0.15, -0.1) is 0 Å². The van der Waals surface area contributed by atoms with Crippen LogP contribution in [-0.4, -0.2) is 57.3 Å². The molecule has 0 heterocycles. The van der Waals surface area contributed by atoms with Crippen LogP contribution in [0.25, 0.3) is 0 Å². The van der Waals surface area contributed by atoms with Crippen molar-refractivity contribution in [1.29, 1.82) is 0 Å². The van der Waals surface area contributed by atoms with Crippen LogP contribution >= 0.6 is 36.4 Å². The van der Waals surface area contributed by atoms with Crippen molar-refractivity contribution in [2.45, 2.75) is 6.42 Å². The molecule has 0 saturated heterocycles. The topological polar surface area (TPSA) is 139 Å². The van der Waals surface area contributed by atoms with Crippen molar-refractivity contribution in [1.82, 2.24) is 10.6 Å². The lowest BCUT2D eigenvalue weighted by Crippen LogP contribution is -2.24. The maximum Gasteiger partial charge on any atom is 0.384 e. The van der Waals surface area contributed by atoms with Gasteiger partial charge in [-0.3, -0.25) is 0 Å².